The molecular formula is C40H56ClN5O7S. The van der Waals surface area contributed by atoms with Crippen LogP contribution in [0.15, 0.2) is 54.0 Å². The van der Waals surface area contributed by atoms with E-state index in [9.17, 15) is 24.3 Å². The number of aromatic nitrogens is 1. The summed E-state index contributed by atoms with van der Waals surface area (Å²) in [6.45, 7) is 9.89. The first-order valence-electron chi connectivity index (χ1n) is 18.2. The van der Waals surface area contributed by atoms with Crippen LogP contribution < -0.4 is 16.8 Å². The molecule has 0 radical (unpaired) electrons. The van der Waals surface area contributed by atoms with E-state index in [4.69, 9.17) is 20.9 Å². The molecule has 1 aromatic heterocycles. The first-order valence-corrected chi connectivity index (χ1v) is 19.1. The van der Waals surface area contributed by atoms with E-state index in [1.54, 1.807) is 11.3 Å². The van der Waals surface area contributed by atoms with Gasteiger partial charge >= 0.3 is 0 Å². The molecule has 14 heteroatoms. The molecule has 296 valence electrons. The second-order valence-electron chi connectivity index (χ2n) is 15.0. The number of ether oxygens (including phenoxy) is 2. The number of likely N-dealkylation sites (tertiary alicyclic amines) is 1. The van der Waals surface area contributed by atoms with E-state index < -0.39 is 35.4 Å². The van der Waals surface area contributed by atoms with Crippen molar-refractivity contribution in [2.45, 2.75) is 110 Å². The number of halogens is 1. The van der Waals surface area contributed by atoms with Crippen molar-refractivity contribution in [2.24, 2.45) is 16.9 Å². The summed E-state index contributed by atoms with van der Waals surface area (Å²) >= 11 is 1.59. The quantitative estimate of drug-likeness (QED) is 0.129. The molecule has 0 spiro atoms. The van der Waals surface area contributed by atoms with Gasteiger partial charge in [0.25, 0.3) is 0 Å². The number of carbonyl (C=O) groups is 4. The van der Waals surface area contributed by atoms with Crippen molar-refractivity contribution < 1.29 is 33.8 Å². The number of carbonyl (C=O) groups excluding carboxylic acids is 4. The zero-order chi connectivity index (χ0) is 38.7. The SMILES string of the molecule is Cc1ncsc1-c1ccc(CCC(=O)[C@@H]2C[C@@H](O)CN2C(=O)[C@@H](NC(=O)COCCc2ccc(CO[C@H](C)[C@@H](N)CCC(N)=O)cc2)C(C)(C)C)cc1.Cl. The average Bonchev–Trinajstić information content (AvgIpc) is 3.74. The number of hydrogen-bond acceptors (Lipinski definition) is 10. The van der Waals surface area contributed by atoms with Gasteiger partial charge in [-0.2, -0.15) is 0 Å². The van der Waals surface area contributed by atoms with Crippen LogP contribution in [0, 0.1) is 12.3 Å². The molecule has 6 N–H and O–H groups in total. The van der Waals surface area contributed by atoms with E-state index in [1.807, 2.05) is 88.7 Å². The van der Waals surface area contributed by atoms with E-state index >= 15 is 0 Å². The number of Topliss-reactive ketones (excluding diaryl/α,β-unsaturated/α-hetero) is 1. The Morgan fingerprint density at radius 1 is 1.02 bits per heavy atom. The van der Waals surface area contributed by atoms with Gasteiger partial charge in [0.1, 0.15) is 12.6 Å². The minimum atomic E-state index is -0.919. The summed E-state index contributed by atoms with van der Waals surface area (Å²) in [6.07, 6.45) is 1.13. The minimum absolute atomic E-state index is 0. The summed E-state index contributed by atoms with van der Waals surface area (Å²) in [5, 5.41) is 13.4. The molecule has 1 aliphatic rings. The third-order valence-electron chi connectivity index (χ3n) is 9.60. The number of ketones is 1. The smallest absolute Gasteiger partial charge is 0.246 e. The van der Waals surface area contributed by atoms with Crippen molar-refractivity contribution in [2.75, 3.05) is 19.8 Å². The normalized spacial score (nSPS) is 17.4. The number of amides is 3. The van der Waals surface area contributed by atoms with Crippen molar-refractivity contribution in [1.29, 1.82) is 0 Å². The summed E-state index contributed by atoms with van der Waals surface area (Å²) in [4.78, 5) is 58.3. The van der Waals surface area contributed by atoms with Gasteiger partial charge in [0.15, 0.2) is 5.78 Å². The lowest BCUT2D eigenvalue weighted by atomic mass is 9.85. The molecule has 3 aromatic rings. The Morgan fingerprint density at radius 3 is 2.26 bits per heavy atom. The van der Waals surface area contributed by atoms with Gasteiger partial charge in [0.05, 0.1) is 47.5 Å². The molecule has 0 bridgehead atoms. The molecule has 12 nitrogen and oxygen atoms in total. The Kier molecular flexibility index (Phi) is 17.2. The Labute approximate surface area is 328 Å². The van der Waals surface area contributed by atoms with E-state index in [0.717, 1.165) is 32.8 Å². The van der Waals surface area contributed by atoms with Crippen LogP contribution in [0.2, 0.25) is 0 Å². The maximum atomic E-state index is 13.9. The van der Waals surface area contributed by atoms with Crippen LogP contribution in [0.1, 0.15) is 75.8 Å². The van der Waals surface area contributed by atoms with Gasteiger partial charge in [-0.15, -0.1) is 23.7 Å². The van der Waals surface area contributed by atoms with Crippen molar-refractivity contribution in [3.8, 4) is 10.4 Å². The fraction of sp³-hybridized carbons (Fsp3) is 0.525. The summed E-state index contributed by atoms with van der Waals surface area (Å²) in [5.41, 5.74) is 17.5. The number of rotatable bonds is 19. The lowest BCUT2D eigenvalue weighted by molar-refractivity contribution is -0.144. The molecule has 1 saturated heterocycles. The first kappa shape index (κ1) is 44.7. The van der Waals surface area contributed by atoms with Gasteiger partial charge in [0.2, 0.25) is 17.7 Å². The molecule has 1 fully saturated rings. The predicted molar refractivity (Wildman–Crippen MR) is 212 cm³/mol. The van der Waals surface area contributed by atoms with Crippen LogP contribution in [0.5, 0.6) is 0 Å². The molecule has 0 unspecified atom stereocenters. The number of β-amino-alcohol motifs (C(OH)–C–C–N with tert-alkyl or cyclic N) is 1. The van der Waals surface area contributed by atoms with Gasteiger partial charge in [-0.05, 0) is 60.8 Å². The third kappa shape index (κ3) is 13.2. The number of benzene rings is 2. The molecule has 0 saturated carbocycles. The summed E-state index contributed by atoms with van der Waals surface area (Å²) in [6, 6.07) is 14.0. The summed E-state index contributed by atoms with van der Waals surface area (Å²) in [5.74, 6) is -1.33. The standard InChI is InChI=1S/C40H55N5O7S.ClH/c1-25-37(53-24-43-25)30-13-10-27(11-14-30)12-16-34(47)33-20-31(46)21-45(33)39(50)38(40(3,4)5)44-36(49)23-51-19-18-28-6-8-29(9-7-28)22-52-26(2)32(41)15-17-35(42)48;/h6-11,13-14,24,26,31-33,38,46H,12,15-23,41H2,1-5H3,(H2,42,48)(H,44,49);1H/t26-,31-,32+,33+,38-;/m1./s1. The summed E-state index contributed by atoms with van der Waals surface area (Å²) < 4.78 is 11.5. The second-order valence-corrected chi connectivity index (χ2v) is 15.9. The second kappa shape index (κ2) is 20.8. The zero-order valence-electron chi connectivity index (χ0n) is 31.9. The molecule has 1 aliphatic heterocycles. The Morgan fingerprint density at radius 2 is 1.65 bits per heavy atom. The van der Waals surface area contributed by atoms with E-state index in [2.05, 4.69) is 10.3 Å². The van der Waals surface area contributed by atoms with Crippen LogP contribution >= 0.6 is 23.7 Å². The molecule has 3 amide bonds. The Bertz CT molecular complexity index is 1680. The molecular weight excluding hydrogens is 730 g/mol. The van der Waals surface area contributed by atoms with E-state index in [-0.39, 0.29) is 68.7 Å². The maximum Gasteiger partial charge on any atom is 0.246 e. The van der Waals surface area contributed by atoms with Gasteiger partial charge in [0, 0.05) is 31.8 Å². The van der Waals surface area contributed by atoms with Crippen LogP contribution in [-0.2, 0) is 48.1 Å². The monoisotopic (exact) mass is 785 g/mol. The van der Waals surface area contributed by atoms with Gasteiger partial charge in [-0.25, -0.2) is 4.98 Å². The lowest BCUT2D eigenvalue weighted by Gasteiger charge is -2.35. The number of aliphatic hydroxyl groups excluding tert-OH is 1. The van der Waals surface area contributed by atoms with Crippen molar-refractivity contribution in [3.05, 3.63) is 76.4 Å². The summed E-state index contributed by atoms with van der Waals surface area (Å²) in [7, 11) is 0. The minimum Gasteiger partial charge on any atom is -0.391 e. The fourth-order valence-electron chi connectivity index (χ4n) is 6.27. The first-order chi connectivity index (χ1) is 25.1. The number of hydrogen-bond donors (Lipinski definition) is 4. The van der Waals surface area contributed by atoms with E-state index in [1.165, 1.54) is 4.90 Å². The van der Waals surface area contributed by atoms with Gasteiger partial charge < -0.3 is 36.3 Å². The van der Waals surface area contributed by atoms with Crippen LogP contribution in [0.25, 0.3) is 10.4 Å². The number of nitrogens with two attached hydrogens (primary N) is 2. The van der Waals surface area contributed by atoms with Crippen LogP contribution in [-0.4, -0.2) is 88.6 Å². The number of aliphatic hydroxyl groups is 1. The van der Waals surface area contributed by atoms with Crippen LogP contribution in [0.3, 0.4) is 0 Å². The molecule has 2 heterocycles. The van der Waals surface area contributed by atoms with Crippen molar-refractivity contribution >= 4 is 47.2 Å². The average molecular weight is 786 g/mol. The third-order valence-corrected chi connectivity index (χ3v) is 10.6. The molecule has 4 rings (SSSR count). The lowest BCUT2D eigenvalue weighted by Crippen LogP contribution is -2.57. The highest BCUT2D eigenvalue weighted by atomic mass is 35.5. The van der Waals surface area contributed by atoms with Gasteiger partial charge in [-0.1, -0.05) is 69.3 Å². The molecule has 54 heavy (non-hydrogen) atoms. The topological polar surface area (TPSA) is 187 Å². The molecule has 0 aliphatic carbocycles. The number of thiazole rings is 1. The van der Waals surface area contributed by atoms with Crippen molar-refractivity contribution in [1.82, 2.24) is 15.2 Å². The van der Waals surface area contributed by atoms with Gasteiger partial charge in [-0.3, -0.25) is 19.2 Å². The highest BCUT2D eigenvalue weighted by Gasteiger charge is 2.44. The zero-order valence-corrected chi connectivity index (χ0v) is 33.5. The molecule has 5 atom stereocenters. The maximum absolute atomic E-state index is 13.9. The predicted octanol–water partition coefficient (Wildman–Crippen LogP) is 4.29. The molecule has 2 aromatic carbocycles. The Hall–Kier alpha value is -3.72. The number of aryl methyl sites for hydroxylation is 2. The highest BCUT2D eigenvalue weighted by molar-refractivity contribution is 7.13. The number of primary amides is 1. The van der Waals surface area contributed by atoms with E-state index in [0.29, 0.717) is 32.5 Å². The van der Waals surface area contributed by atoms with Crippen LogP contribution in [0.4, 0.5) is 0 Å². The van der Waals surface area contributed by atoms with Crippen molar-refractivity contribution in [3.63, 3.8) is 0 Å². The number of nitrogens with one attached hydrogen (secondary N) is 1. The highest BCUT2D eigenvalue weighted by Crippen LogP contribution is 2.29. The number of nitrogens with zero attached hydrogens (tertiary/aromatic N) is 2. The largest absolute Gasteiger partial charge is 0.391 e. The Balaban J connectivity index is 0.00000784. The fourth-order valence-corrected chi connectivity index (χ4v) is 7.08.